The Labute approximate surface area is 157 Å². The Morgan fingerprint density at radius 3 is 2.62 bits per heavy atom. The van der Waals surface area contributed by atoms with Crippen LogP contribution in [-0.2, 0) is 9.59 Å². The van der Waals surface area contributed by atoms with E-state index in [1.165, 1.54) is 16.9 Å². The number of hydrogen-bond donors (Lipinski definition) is 0. The van der Waals surface area contributed by atoms with Gasteiger partial charge in [0.25, 0.3) is 0 Å². The predicted octanol–water partition coefficient (Wildman–Crippen LogP) is 2.86. The largest absolute Gasteiger partial charge is 0.341 e. The molecule has 0 aliphatic carbocycles. The molecule has 134 valence electrons. The van der Waals surface area contributed by atoms with Crippen molar-refractivity contribution in [3.8, 4) is 0 Å². The highest BCUT2D eigenvalue weighted by Crippen LogP contribution is 2.32. The summed E-state index contributed by atoms with van der Waals surface area (Å²) in [6, 6.07) is 10.2. The minimum atomic E-state index is -0.122. The summed E-state index contributed by atoms with van der Waals surface area (Å²) in [6.45, 7) is 3.80. The van der Waals surface area contributed by atoms with Gasteiger partial charge in [-0.1, -0.05) is 29.8 Å². The number of carbonyl (C=O) groups excluding carboxylic acids is 2. The number of thiophene rings is 1. The topological polar surface area (TPSA) is 53.0 Å². The van der Waals surface area contributed by atoms with Gasteiger partial charge < -0.3 is 4.90 Å². The highest BCUT2D eigenvalue weighted by Gasteiger charge is 2.29. The summed E-state index contributed by atoms with van der Waals surface area (Å²) in [7, 11) is 0. The lowest BCUT2D eigenvalue weighted by Gasteiger charge is -2.23. The number of carbonyl (C=O) groups is 2. The van der Waals surface area contributed by atoms with Gasteiger partial charge in [-0.3, -0.25) is 19.5 Å². The standard InChI is InChI=1S/C20H21N3O2S/c1-14-4-6-15(7-5-14)19-16-8-11-26-20(16)23(17(24)12-21-19)13-18(25)22-9-2-3-10-22/h4-8,11H,2-3,9-10,12-13H2,1H3. The maximum atomic E-state index is 12.7. The van der Waals surface area contributed by atoms with Crippen molar-refractivity contribution in [1.82, 2.24) is 4.90 Å². The van der Waals surface area contributed by atoms with Crippen molar-refractivity contribution in [2.24, 2.45) is 4.99 Å². The summed E-state index contributed by atoms with van der Waals surface area (Å²) < 4.78 is 0. The van der Waals surface area contributed by atoms with Crippen molar-refractivity contribution in [2.45, 2.75) is 19.8 Å². The van der Waals surface area contributed by atoms with Gasteiger partial charge in [0.1, 0.15) is 18.1 Å². The van der Waals surface area contributed by atoms with Gasteiger partial charge in [-0.15, -0.1) is 11.3 Å². The predicted molar refractivity (Wildman–Crippen MR) is 104 cm³/mol. The van der Waals surface area contributed by atoms with Gasteiger partial charge in [0.05, 0.1) is 5.71 Å². The smallest absolute Gasteiger partial charge is 0.249 e. The second-order valence-corrected chi connectivity index (χ2v) is 7.63. The molecule has 1 aromatic carbocycles. The number of aliphatic imine (C=N–C) groups is 1. The quantitative estimate of drug-likeness (QED) is 0.838. The summed E-state index contributed by atoms with van der Waals surface area (Å²) in [5.74, 6) is -0.0997. The third-order valence-electron chi connectivity index (χ3n) is 4.90. The number of aryl methyl sites for hydroxylation is 1. The monoisotopic (exact) mass is 367 g/mol. The van der Waals surface area contributed by atoms with Crippen molar-refractivity contribution in [2.75, 3.05) is 31.1 Å². The first-order chi connectivity index (χ1) is 12.6. The van der Waals surface area contributed by atoms with Crippen LogP contribution in [0.5, 0.6) is 0 Å². The maximum Gasteiger partial charge on any atom is 0.249 e. The fourth-order valence-electron chi connectivity index (χ4n) is 3.44. The minimum Gasteiger partial charge on any atom is -0.341 e. The van der Waals surface area contributed by atoms with Crippen LogP contribution in [0.15, 0.2) is 40.7 Å². The van der Waals surface area contributed by atoms with Crippen LogP contribution in [0.4, 0.5) is 5.00 Å². The molecule has 0 radical (unpaired) electrons. The molecule has 0 N–H and O–H groups in total. The van der Waals surface area contributed by atoms with Crippen molar-refractivity contribution >= 4 is 33.9 Å². The van der Waals surface area contributed by atoms with Gasteiger partial charge in [-0.25, -0.2) is 0 Å². The molecule has 5 nitrogen and oxygen atoms in total. The van der Waals surface area contributed by atoms with E-state index in [1.54, 1.807) is 4.90 Å². The van der Waals surface area contributed by atoms with E-state index in [-0.39, 0.29) is 24.9 Å². The summed E-state index contributed by atoms with van der Waals surface area (Å²) >= 11 is 1.49. The van der Waals surface area contributed by atoms with Crippen LogP contribution < -0.4 is 4.90 Å². The maximum absolute atomic E-state index is 12.7. The van der Waals surface area contributed by atoms with Gasteiger partial charge in [0, 0.05) is 24.2 Å². The molecule has 0 atom stereocenters. The Bertz CT molecular complexity index is 863. The van der Waals surface area contributed by atoms with E-state index in [9.17, 15) is 9.59 Å². The van der Waals surface area contributed by atoms with E-state index in [4.69, 9.17) is 0 Å². The first-order valence-electron chi connectivity index (χ1n) is 8.91. The molecule has 26 heavy (non-hydrogen) atoms. The number of amides is 2. The van der Waals surface area contributed by atoms with E-state index in [0.717, 1.165) is 47.8 Å². The SMILES string of the molecule is Cc1ccc(C2=NCC(=O)N(CC(=O)N3CCCC3)c3sccc32)cc1. The van der Waals surface area contributed by atoms with Crippen LogP contribution >= 0.6 is 11.3 Å². The average Bonchev–Trinajstić information content (AvgIpc) is 3.31. The Morgan fingerprint density at radius 2 is 1.88 bits per heavy atom. The number of hydrogen-bond acceptors (Lipinski definition) is 4. The molecule has 0 spiro atoms. The van der Waals surface area contributed by atoms with Crippen LogP contribution in [0.2, 0.25) is 0 Å². The molecule has 2 amide bonds. The van der Waals surface area contributed by atoms with Gasteiger partial charge >= 0.3 is 0 Å². The van der Waals surface area contributed by atoms with Crippen molar-refractivity contribution in [3.63, 3.8) is 0 Å². The lowest BCUT2D eigenvalue weighted by atomic mass is 10.0. The third-order valence-corrected chi connectivity index (χ3v) is 5.83. The third kappa shape index (κ3) is 3.17. The van der Waals surface area contributed by atoms with E-state index < -0.39 is 0 Å². The van der Waals surface area contributed by atoms with Crippen molar-refractivity contribution in [1.29, 1.82) is 0 Å². The van der Waals surface area contributed by atoms with Crippen molar-refractivity contribution in [3.05, 3.63) is 52.4 Å². The molecule has 0 saturated carbocycles. The molecule has 1 saturated heterocycles. The molecule has 1 aromatic heterocycles. The van der Waals surface area contributed by atoms with Crippen LogP contribution in [0.1, 0.15) is 29.5 Å². The van der Waals surface area contributed by atoms with Gasteiger partial charge in [-0.05, 0) is 31.2 Å². The molecular formula is C20H21N3O2S. The number of benzene rings is 1. The molecule has 0 unspecified atom stereocenters. The zero-order chi connectivity index (χ0) is 18.1. The second-order valence-electron chi connectivity index (χ2n) is 6.74. The lowest BCUT2D eigenvalue weighted by Crippen LogP contribution is -2.42. The lowest BCUT2D eigenvalue weighted by molar-refractivity contribution is -0.130. The van der Waals surface area contributed by atoms with Gasteiger partial charge in [0.2, 0.25) is 11.8 Å². The van der Waals surface area contributed by atoms with Crippen LogP contribution in [-0.4, -0.2) is 48.6 Å². The second kappa shape index (κ2) is 7.03. The molecule has 4 rings (SSSR count). The Morgan fingerprint density at radius 1 is 1.15 bits per heavy atom. The number of fused-ring (bicyclic) bond motifs is 1. The molecule has 2 aromatic rings. The molecule has 3 heterocycles. The minimum absolute atomic E-state index is 0.0222. The number of nitrogens with zero attached hydrogens (tertiary/aromatic N) is 3. The van der Waals surface area contributed by atoms with Gasteiger partial charge in [-0.2, -0.15) is 0 Å². The fourth-order valence-corrected chi connectivity index (χ4v) is 4.36. The van der Waals surface area contributed by atoms with E-state index in [2.05, 4.69) is 4.99 Å². The van der Waals surface area contributed by atoms with E-state index in [0.29, 0.717) is 0 Å². The summed E-state index contributed by atoms with van der Waals surface area (Å²) in [5.41, 5.74) is 3.93. The molecule has 2 aliphatic rings. The van der Waals surface area contributed by atoms with Crippen LogP contribution in [0.25, 0.3) is 0 Å². The normalized spacial score (nSPS) is 17.1. The summed E-state index contributed by atoms with van der Waals surface area (Å²) in [6.07, 6.45) is 2.09. The van der Waals surface area contributed by atoms with Crippen LogP contribution in [0, 0.1) is 6.92 Å². The Hall–Kier alpha value is -2.47. The van der Waals surface area contributed by atoms with Gasteiger partial charge in [0.15, 0.2) is 0 Å². The fraction of sp³-hybridized carbons (Fsp3) is 0.350. The zero-order valence-corrected chi connectivity index (χ0v) is 15.6. The first kappa shape index (κ1) is 17.0. The number of rotatable bonds is 3. The molecule has 1 fully saturated rings. The van der Waals surface area contributed by atoms with E-state index >= 15 is 0 Å². The molecule has 2 aliphatic heterocycles. The summed E-state index contributed by atoms with van der Waals surface area (Å²) in [5, 5.41) is 2.78. The molecule has 6 heteroatoms. The molecular weight excluding hydrogens is 346 g/mol. The summed E-state index contributed by atoms with van der Waals surface area (Å²) in [4.78, 5) is 33.4. The Kier molecular flexibility index (Phi) is 4.59. The number of anilines is 1. The Balaban J connectivity index is 1.65. The van der Waals surface area contributed by atoms with Crippen molar-refractivity contribution < 1.29 is 9.59 Å². The zero-order valence-electron chi connectivity index (χ0n) is 14.8. The highest BCUT2D eigenvalue weighted by atomic mass is 32.1. The highest BCUT2D eigenvalue weighted by molar-refractivity contribution is 7.15. The molecule has 0 bridgehead atoms. The van der Waals surface area contributed by atoms with E-state index in [1.807, 2.05) is 47.5 Å². The number of likely N-dealkylation sites (tertiary alicyclic amines) is 1. The first-order valence-corrected chi connectivity index (χ1v) is 9.79. The average molecular weight is 367 g/mol. The van der Waals surface area contributed by atoms with Crippen LogP contribution in [0.3, 0.4) is 0 Å².